The van der Waals surface area contributed by atoms with Crippen molar-refractivity contribution < 1.29 is 0 Å². The van der Waals surface area contributed by atoms with E-state index >= 15 is 0 Å². The van der Waals surface area contributed by atoms with Crippen LogP contribution in [0.15, 0.2) is 4.47 Å². The largest absolute Gasteiger partial charge is 0.369 e. The van der Waals surface area contributed by atoms with Crippen LogP contribution in [0.2, 0.25) is 0 Å². The molecular formula is C13H22BrN3. The molecule has 1 aromatic heterocycles. The van der Waals surface area contributed by atoms with Crippen molar-refractivity contribution in [1.29, 1.82) is 0 Å². The van der Waals surface area contributed by atoms with Crippen LogP contribution in [0.25, 0.3) is 0 Å². The second-order valence-corrected chi connectivity index (χ2v) is 5.31. The van der Waals surface area contributed by atoms with Gasteiger partial charge in [-0.2, -0.15) is 0 Å². The molecule has 1 heterocycles. The van der Waals surface area contributed by atoms with Crippen LogP contribution in [0.5, 0.6) is 0 Å². The fourth-order valence-corrected chi connectivity index (χ4v) is 2.37. The van der Waals surface area contributed by atoms with Gasteiger partial charge in [-0.3, -0.25) is 0 Å². The Morgan fingerprint density at radius 2 is 1.88 bits per heavy atom. The van der Waals surface area contributed by atoms with Gasteiger partial charge >= 0.3 is 0 Å². The third kappa shape index (κ3) is 3.95. The average molecular weight is 300 g/mol. The summed E-state index contributed by atoms with van der Waals surface area (Å²) in [6.07, 6.45) is 3.11. The third-order valence-electron chi connectivity index (χ3n) is 2.49. The van der Waals surface area contributed by atoms with Gasteiger partial charge in [-0.05, 0) is 34.7 Å². The van der Waals surface area contributed by atoms with Crippen LogP contribution in [-0.2, 0) is 6.42 Å². The van der Waals surface area contributed by atoms with E-state index in [1.807, 2.05) is 0 Å². The number of nitrogens with zero attached hydrogens (tertiary/aromatic N) is 2. The summed E-state index contributed by atoms with van der Waals surface area (Å²) in [4.78, 5) is 9.21. The average Bonchev–Trinajstić information content (AvgIpc) is 2.29. The van der Waals surface area contributed by atoms with Gasteiger partial charge in [-0.1, -0.05) is 27.7 Å². The minimum atomic E-state index is 0.408. The Balaban J connectivity index is 3.08. The molecule has 0 aliphatic rings. The molecule has 0 aliphatic heterocycles. The fourth-order valence-electron chi connectivity index (χ4n) is 1.59. The molecule has 0 radical (unpaired) electrons. The first-order chi connectivity index (χ1) is 8.10. The molecule has 0 saturated carbocycles. The third-order valence-corrected chi connectivity index (χ3v) is 3.27. The van der Waals surface area contributed by atoms with Crippen molar-refractivity contribution in [2.45, 2.75) is 52.9 Å². The van der Waals surface area contributed by atoms with Gasteiger partial charge in [0.2, 0.25) is 0 Å². The van der Waals surface area contributed by atoms with E-state index in [2.05, 4.69) is 58.9 Å². The zero-order valence-electron chi connectivity index (χ0n) is 11.2. The molecular weight excluding hydrogens is 278 g/mol. The lowest BCUT2D eigenvalue weighted by Crippen LogP contribution is -2.09. The maximum atomic E-state index is 4.63. The Morgan fingerprint density at radius 3 is 2.41 bits per heavy atom. The first-order valence-corrected chi connectivity index (χ1v) is 7.19. The number of halogens is 1. The summed E-state index contributed by atoms with van der Waals surface area (Å²) in [6.45, 7) is 9.57. The summed E-state index contributed by atoms with van der Waals surface area (Å²) >= 11 is 3.61. The highest BCUT2D eigenvalue weighted by Crippen LogP contribution is 2.29. The lowest BCUT2D eigenvalue weighted by molar-refractivity contribution is 0.757. The number of aryl methyl sites for hydroxylation is 1. The van der Waals surface area contributed by atoms with Crippen LogP contribution < -0.4 is 5.32 Å². The number of hydrogen-bond acceptors (Lipinski definition) is 3. The van der Waals surface area contributed by atoms with E-state index in [0.29, 0.717) is 5.92 Å². The Labute approximate surface area is 113 Å². The molecule has 0 aromatic carbocycles. The summed E-state index contributed by atoms with van der Waals surface area (Å²) in [6, 6.07) is 0. The van der Waals surface area contributed by atoms with Crippen molar-refractivity contribution in [1.82, 2.24) is 9.97 Å². The summed E-state index contributed by atoms with van der Waals surface area (Å²) < 4.78 is 1.01. The highest BCUT2D eigenvalue weighted by molar-refractivity contribution is 9.10. The molecule has 3 nitrogen and oxygen atoms in total. The number of aromatic nitrogens is 2. The predicted molar refractivity (Wildman–Crippen MR) is 76.6 cm³/mol. The maximum absolute atomic E-state index is 4.63. The van der Waals surface area contributed by atoms with Crippen LogP contribution in [0, 0.1) is 0 Å². The molecule has 0 bridgehead atoms. The highest BCUT2D eigenvalue weighted by Gasteiger charge is 2.14. The fraction of sp³-hybridized carbons (Fsp3) is 0.692. The standard InChI is InChI=1S/C13H22BrN3/c1-5-7-10-16-12(9(3)4)11(14)13(17-10)15-8-6-2/h9H,5-8H2,1-4H3,(H,15,16,17). The quantitative estimate of drug-likeness (QED) is 0.858. The van der Waals surface area contributed by atoms with Crippen molar-refractivity contribution in [2.24, 2.45) is 0 Å². The number of hydrogen-bond donors (Lipinski definition) is 1. The van der Waals surface area contributed by atoms with E-state index < -0.39 is 0 Å². The molecule has 0 unspecified atom stereocenters. The first-order valence-electron chi connectivity index (χ1n) is 6.40. The number of anilines is 1. The van der Waals surface area contributed by atoms with Crippen molar-refractivity contribution in [3.8, 4) is 0 Å². The molecule has 0 amide bonds. The second kappa shape index (κ2) is 6.94. The van der Waals surface area contributed by atoms with E-state index in [9.17, 15) is 0 Å². The van der Waals surface area contributed by atoms with Gasteiger partial charge < -0.3 is 5.32 Å². The van der Waals surface area contributed by atoms with Crippen molar-refractivity contribution in [3.63, 3.8) is 0 Å². The Hall–Kier alpha value is -0.640. The van der Waals surface area contributed by atoms with Gasteiger partial charge in [0, 0.05) is 13.0 Å². The van der Waals surface area contributed by atoms with E-state index in [1.165, 1.54) is 0 Å². The van der Waals surface area contributed by atoms with E-state index in [4.69, 9.17) is 0 Å². The molecule has 96 valence electrons. The predicted octanol–water partition coefficient (Wildman–Crippen LogP) is 4.14. The smallest absolute Gasteiger partial charge is 0.144 e. The van der Waals surface area contributed by atoms with Gasteiger partial charge in [0.15, 0.2) is 0 Å². The zero-order valence-corrected chi connectivity index (χ0v) is 12.8. The van der Waals surface area contributed by atoms with E-state index in [-0.39, 0.29) is 0 Å². The van der Waals surface area contributed by atoms with Gasteiger partial charge in [0.05, 0.1) is 10.2 Å². The van der Waals surface area contributed by atoms with Gasteiger partial charge in [-0.25, -0.2) is 9.97 Å². The molecule has 4 heteroatoms. The van der Waals surface area contributed by atoms with Crippen molar-refractivity contribution in [2.75, 3.05) is 11.9 Å². The first kappa shape index (κ1) is 14.4. The van der Waals surface area contributed by atoms with Crippen LogP contribution in [-0.4, -0.2) is 16.5 Å². The topological polar surface area (TPSA) is 37.8 Å². The Morgan fingerprint density at radius 1 is 1.18 bits per heavy atom. The molecule has 1 N–H and O–H groups in total. The molecule has 1 rings (SSSR count). The molecule has 0 atom stereocenters. The van der Waals surface area contributed by atoms with Gasteiger partial charge in [0.1, 0.15) is 11.6 Å². The van der Waals surface area contributed by atoms with Crippen molar-refractivity contribution in [3.05, 3.63) is 16.0 Å². The number of rotatable bonds is 6. The Kier molecular flexibility index (Phi) is 5.89. The summed E-state index contributed by atoms with van der Waals surface area (Å²) in [5.41, 5.74) is 1.10. The van der Waals surface area contributed by atoms with Crippen LogP contribution >= 0.6 is 15.9 Å². The molecule has 0 spiro atoms. The highest BCUT2D eigenvalue weighted by atomic mass is 79.9. The van der Waals surface area contributed by atoms with Crippen LogP contribution in [0.1, 0.15) is 58.0 Å². The molecule has 0 aliphatic carbocycles. The summed E-state index contributed by atoms with van der Waals surface area (Å²) in [7, 11) is 0. The van der Waals surface area contributed by atoms with Crippen LogP contribution in [0.4, 0.5) is 5.82 Å². The summed E-state index contributed by atoms with van der Waals surface area (Å²) in [5.74, 6) is 2.29. The minimum Gasteiger partial charge on any atom is -0.369 e. The van der Waals surface area contributed by atoms with Crippen molar-refractivity contribution >= 4 is 21.7 Å². The van der Waals surface area contributed by atoms with Gasteiger partial charge in [0.25, 0.3) is 0 Å². The minimum absolute atomic E-state index is 0.408. The lowest BCUT2D eigenvalue weighted by Gasteiger charge is -2.14. The zero-order chi connectivity index (χ0) is 12.8. The Bertz CT molecular complexity index is 364. The summed E-state index contributed by atoms with van der Waals surface area (Å²) in [5, 5.41) is 3.36. The maximum Gasteiger partial charge on any atom is 0.144 e. The van der Waals surface area contributed by atoms with E-state index in [0.717, 1.165) is 47.6 Å². The molecule has 17 heavy (non-hydrogen) atoms. The molecule has 1 aromatic rings. The molecule has 0 fully saturated rings. The molecule has 0 saturated heterocycles. The normalized spacial score (nSPS) is 10.9. The SMILES string of the molecule is CCCNc1nc(CCC)nc(C(C)C)c1Br. The monoisotopic (exact) mass is 299 g/mol. The second-order valence-electron chi connectivity index (χ2n) is 4.52. The van der Waals surface area contributed by atoms with E-state index in [1.54, 1.807) is 0 Å². The number of nitrogens with one attached hydrogen (secondary N) is 1. The van der Waals surface area contributed by atoms with Crippen LogP contribution in [0.3, 0.4) is 0 Å². The van der Waals surface area contributed by atoms with Gasteiger partial charge in [-0.15, -0.1) is 0 Å². The lowest BCUT2D eigenvalue weighted by atomic mass is 10.1.